The molecule has 1 aromatic rings. The fraction of sp³-hybridized carbons (Fsp3) is 0.450. The number of rotatable bonds is 3. The minimum atomic E-state index is -0.595. The van der Waals surface area contributed by atoms with E-state index < -0.39 is 17.7 Å². The highest BCUT2D eigenvalue weighted by Crippen LogP contribution is 2.25. The van der Waals surface area contributed by atoms with Gasteiger partial charge in [0.1, 0.15) is 24.0 Å². The summed E-state index contributed by atoms with van der Waals surface area (Å²) in [7, 11) is 0. The standard InChI is InChI=1S/C20H25N3O4/c1-20(2,3)27-19(25)23-10-6-8-16(23)18(24)22-21-12-14-11-15-7-4-5-9-17(15)26-13-14/h4-5,7,9,11-12,16H,6,8,10,13H2,1-3H3,(H,22,24). The third kappa shape index (κ3) is 4.87. The highest BCUT2D eigenvalue weighted by molar-refractivity contribution is 5.90. The number of hydrogen-bond donors (Lipinski definition) is 1. The van der Waals surface area contributed by atoms with Gasteiger partial charge >= 0.3 is 6.09 Å². The second kappa shape index (κ2) is 7.82. The molecule has 3 rings (SSSR count). The molecule has 1 N–H and O–H groups in total. The van der Waals surface area contributed by atoms with Gasteiger partial charge in [-0.1, -0.05) is 18.2 Å². The van der Waals surface area contributed by atoms with Crippen molar-refractivity contribution in [2.45, 2.75) is 45.3 Å². The van der Waals surface area contributed by atoms with Gasteiger partial charge in [-0.2, -0.15) is 5.10 Å². The fourth-order valence-corrected chi connectivity index (χ4v) is 3.04. The summed E-state index contributed by atoms with van der Waals surface area (Å²) in [5.74, 6) is 0.519. The smallest absolute Gasteiger partial charge is 0.410 e. The van der Waals surface area contributed by atoms with Gasteiger partial charge in [-0.05, 0) is 45.8 Å². The van der Waals surface area contributed by atoms with Crippen molar-refractivity contribution in [3.8, 4) is 5.75 Å². The highest BCUT2D eigenvalue weighted by Gasteiger charge is 2.36. The first kappa shape index (κ1) is 18.9. The number of fused-ring (bicyclic) bond motifs is 1. The summed E-state index contributed by atoms with van der Waals surface area (Å²) in [6.45, 7) is 6.31. The molecule has 0 aliphatic carbocycles. The second-order valence-corrected chi connectivity index (χ2v) is 7.61. The van der Waals surface area contributed by atoms with E-state index in [1.54, 1.807) is 27.0 Å². The molecule has 0 saturated carbocycles. The Kier molecular flexibility index (Phi) is 5.48. The van der Waals surface area contributed by atoms with Crippen molar-refractivity contribution >= 4 is 24.3 Å². The number of nitrogens with zero attached hydrogens (tertiary/aromatic N) is 2. The number of benzene rings is 1. The van der Waals surface area contributed by atoms with Crippen LogP contribution in [-0.2, 0) is 9.53 Å². The highest BCUT2D eigenvalue weighted by atomic mass is 16.6. The zero-order chi connectivity index (χ0) is 19.4. The lowest BCUT2D eigenvalue weighted by Crippen LogP contribution is -2.46. The Hall–Kier alpha value is -2.83. The third-order valence-electron chi connectivity index (χ3n) is 4.24. The summed E-state index contributed by atoms with van der Waals surface area (Å²) in [5.41, 5.74) is 3.76. The third-order valence-corrected chi connectivity index (χ3v) is 4.24. The molecule has 2 amide bonds. The topological polar surface area (TPSA) is 80.2 Å². The molecule has 0 radical (unpaired) electrons. The molecule has 1 unspecified atom stereocenters. The maximum Gasteiger partial charge on any atom is 0.410 e. The molecule has 0 bridgehead atoms. The van der Waals surface area contributed by atoms with Crippen LogP contribution in [0.5, 0.6) is 5.75 Å². The molecule has 144 valence electrons. The first-order valence-electron chi connectivity index (χ1n) is 9.08. The number of para-hydroxylation sites is 1. The summed E-state index contributed by atoms with van der Waals surface area (Å²) in [5, 5.41) is 4.03. The minimum Gasteiger partial charge on any atom is -0.488 e. The van der Waals surface area contributed by atoms with Crippen molar-refractivity contribution < 1.29 is 19.1 Å². The fourth-order valence-electron chi connectivity index (χ4n) is 3.04. The van der Waals surface area contributed by atoms with Gasteiger partial charge in [0.05, 0.1) is 6.21 Å². The van der Waals surface area contributed by atoms with E-state index in [1.807, 2.05) is 30.3 Å². The van der Waals surface area contributed by atoms with E-state index in [1.165, 1.54) is 4.90 Å². The van der Waals surface area contributed by atoms with Crippen LogP contribution in [0.3, 0.4) is 0 Å². The van der Waals surface area contributed by atoms with Crippen LogP contribution in [0.2, 0.25) is 0 Å². The molecule has 2 heterocycles. The van der Waals surface area contributed by atoms with Crippen molar-refractivity contribution in [1.29, 1.82) is 0 Å². The predicted octanol–water partition coefficient (Wildman–Crippen LogP) is 2.96. The van der Waals surface area contributed by atoms with E-state index in [0.717, 1.165) is 23.3 Å². The Balaban J connectivity index is 1.58. The van der Waals surface area contributed by atoms with E-state index >= 15 is 0 Å². The Labute approximate surface area is 159 Å². The summed E-state index contributed by atoms with van der Waals surface area (Å²) < 4.78 is 11.0. The van der Waals surface area contributed by atoms with Gasteiger partial charge in [-0.25, -0.2) is 10.2 Å². The molecular formula is C20H25N3O4. The van der Waals surface area contributed by atoms with Gasteiger partial charge in [-0.3, -0.25) is 9.69 Å². The molecule has 2 aliphatic heterocycles. The number of ether oxygens (including phenoxy) is 2. The average molecular weight is 371 g/mol. The lowest BCUT2D eigenvalue weighted by molar-refractivity contribution is -0.125. The van der Waals surface area contributed by atoms with Crippen LogP contribution in [0.4, 0.5) is 4.79 Å². The van der Waals surface area contributed by atoms with E-state index in [9.17, 15) is 9.59 Å². The Morgan fingerprint density at radius 2 is 2.11 bits per heavy atom. The SMILES string of the molecule is CC(C)(C)OC(=O)N1CCCC1C(=O)NN=CC1=Cc2ccccc2OC1. The van der Waals surface area contributed by atoms with Gasteiger partial charge in [-0.15, -0.1) is 0 Å². The molecule has 7 nitrogen and oxygen atoms in total. The zero-order valence-electron chi connectivity index (χ0n) is 15.9. The molecule has 1 aromatic carbocycles. The van der Waals surface area contributed by atoms with Gasteiger partial charge in [0, 0.05) is 17.7 Å². The minimum absolute atomic E-state index is 0.313. The normalized spacial score (nSPS) is 19.3. The lowest BCUT2D eigenvalue weighted by Gasteiger charge is -2.27. The van der Waals surface area contributed by atoms with Gasteiger partial charge in [0.15, 0.2) is 0 Å². The number of nitrogens with one attached hydrogen (secondary N) is 1. The van der Waals surface area contributed by atoms with E-state index in [-0.39, 0.29) is 5.91 Å². The lowest BCUT2D eigenvalue weighted by atomic mass is 10.1. The van der Waals surface area contributed by atoms with Crippen molar-refractivity contribution in [3.05, 3.63) is 35.4 Å². The van der Waals surface area contributed by atoms with Crippen LogP contribution < -0.4 is 10.2 Å². The van der Waals surface area contributed by atoms with Crippen molar-refractivity contribution in [2.24, 2.45) is 5.10 Å². The molecule has 27 heavy (non-hydrogen) atoms. The van der Waals surface area contributed by atoms with Gasteiger partial charge in [0.2, 0.25) is 0 Å². The molecule has 0 spiro atoms. The molecule has 7 heteroatoms. The Bertz CT molecular complexity index is 780. The molecule has 1 fully saturated rings. The Morgan fingerprint density at radius 1 is 1.33 bits per heavy atom. The predicted molar refractivity (Wildman–Crippen MR) is 103 cm³/mol. The summed E-state index contributed by atoms with van der Waals surface area (Å²) in [6.07, 6.45) is 4.43. The monoisotopic (exact) mass is 371 g/mol. The summed E-state index contributed by atoms with van der Waals surface area (Å²) in [4.78, 5) is 26.2. The van der Waals surface area contributed by atoms with Crippen molar-refractivity contribution in [1.82, 2.24) is 10.3 Å². The van der Waals surface area contributed by atoms with Crippen LogP contribution in [0.15, 0.2) is 34.9 Å². The zero-order valence-corrected chi connectivity index (χ0v) is 15.9. The number of hydrazone groups is 1. The number of likely N-dealkylation sites (tertiary alicyclic amines) is 1. The number of amides is 2. The quantitative estimate of drug-likeness (QED) is 0.654. The van der Waals surface area contributed by atoms with Crippen LogP contribution in [0.1, 0.15) is 39.2 Å². The van der Waals surface area contributed by atoms with E-state index in [4.69, 9.17) is 9.47 Å². The van der Waals surface area contributed by atoms with E-state index in [0.29, 0.717) is 19.6 Å². The second-order valence-electron chi connectivity index (χ2n) is 7.61. The first-order valence-corrected chi connectivity index (χ1v) is 9.08. The summed E-state index contributed by atoms with van der Waals surface area (Å²) in [6, 6.07) is 7.16. The molecule has 1 atom stereocenters. The first-order chi connectivity index (χ1) is 12.8. The maximum absolute atomic E-state index is 12.4. The van der Waals surface area contributed by atoms with Crippen LogP contribution >= 0.6 is 0 Å². The van der Waals surface area contributed by atoms with Crippen LogP contribution in [0, 0.1) is 0 Å². The molecule has 0 aromatic heterocycles. The van der Waals surface area contributed by atoms with Gasteiger partial charge < -0.3 is 9.47 Å². The maximum atomic E-state index is 12.4. The Morgan fingerprint density at radius 3 is 2.89 bits per heavy atom. The number of hydrogen-bond acceptors (Lipinski definition) is 5. The van der Waals surface area contributed by atoms with E-state index in [2.05, 4.69) is 10.5 Å². The van der Waals surface area contributed by atoms with Crippen LogP contribution in [-0.4, -0.2) is 47.9 Å². The molecule has 2 aliphatic rings. The molecule has 1 saturated heterocycles. The number of carbonyl (C=O) groups excluding carboxylic acids is 2. The molecular weight excluding hydrogens is 346 g/mol. The largest absolute Gasteiger partial charge is 0.488 e. The number of carbonyl (C=O) groups is 2. The van der Waals surface area contributed by atoms with Gasteiger partial charge in [0.25, 0.3) is 5.91 Å². The van der Waals surface area contributed by atoms with Crippen LogP contribution in [0.25, 0.3) is 6.08 Å². The van der Waals surface area contributed by atoms with Crippen molar-refractivity contribution in [2.75, 3.05) is 13.2 Å². The van der Waals surface area contributed by atoms with Crippen molar-refractivity contribution in [3.63, 3.8) is 0 Å². The average Bonchev–Trinajstić information content (AvgIpc) is 3.10. The summed E-state index contributed by atoms with van der Waals surface area (Å²) >= 11 is 0.